The van der Waals surface area contributed by atoms with E-state index in [2.05, 4.69) is 27.4 Å². The third-order valence-electron chi connectivity index (χ3n) is 10.5. The third-order valence-corrected chi connectivity index (χ3v) is 10.5. The number of fused-ring (bicyclic) bond motifs is 3. The minimum Gasteiger partial charge on any atom is -0.461 e. The molecule has 10 heteroatoms. The number of halogens is 3. The van der Waals surface area contributed by atoms with E-state index in [1.807, 2.05) is 0 Å². The molecule has 1 aromatic carbocycles. The molecule has 5 heterocycles. The van der Waals surface area contributed by atoms with Crippen molar-refractivity contribution in [2.75, 3.05) is 44.4 Å². The van der Waals surface area contributed by atoms with Crippen molar-refractivity contribution in [1.82, 2.24) is 19.9 Å². The van der Waals surface area contributed by atoms with Crippen molar-refractivity contribution in [3.63, 3.8) is 0 Å². The van der Waals surface area contributed by atoms with Crippen LogP contribution in [0.4, 0.5) is 19.0 Å². The number of terminal acetylenes is 1. The van der Waals surface area contributed by atoms with Crippen LogP contribution in [0.1, 0.15) is 50.7 Å². The summed E-state index contributed by atoms with van der Waals surface area (Å²) in [5.41, 5.74) is 2.41. The molecule has 1 saturated carbocycles. The largest absolute Gasteiger partial charge is 0.461 e. The second-order valence-electron chi connectivity index (χ2n) is 13.4. The van der Waals surface area contributed by atoms with Crippen molar-refractivity contribution in [1.29, 1.82) is 0 Å². The van der Waals surface area contributed by atoms with Crippen LogP contribution >= 0.6 is 0 Å². The van der Waals surface area contributed by atoms with Crippen LogP contribution < -0.4 is 9.64 Å². The van der Waals surface area contributed by atoms with Crippen molar-refractivity contribution in [2.24, 2.45) is 11.3 Å². The number of benzene rings is 1. The lowest BCUT2D eigenvalue weighted by atomic mass is 9.80. The number of nitrogens with zero attached hydrogens (tertiary/aromatic N) is 5. The summed E-state index contributed by atoms with van der Waals surface area (Å²) in [6.07, 6.45) is 9.92. The molecule has 3 aromatic rings. The fourth-order valence-electron chi connectivity index (χ4n) is 7.94. The molecular weight excluding hydrogens is 591 g/mol. The van der Waals surface area contributed by atoms with Gasteiger partial charge in [-0.05, 0) is 57.1 Å². The maximum atomic E-state index is 16.8. The number of allylic oxidation sites excluding steroid dienone is 2. The van der Waals surface area contributed by atoms with E-state index in [1.165, 1.54) is 23.6 Å². The zero-order valence-electron chi connectivity index (χ0n) is 26.5. The topological polar surface area (TPSA) is 63.6 Å². The average molecular weight is 630 g/mol. The van der Waals surface area contributed by atoms with E-state index in [0.29, 0.717) is 23.3 Å². The molecule has 1 unspecified atom stereocenters. The SMILES string of the molecule is C#C/C(=C(/C)F)c1c(C)cccc1-c1ncc2c(N3CCOCC(C)[C@@H]3F)nc(OC[C@]34CC(=C)CN3CCC43CC3)nc2c1F. The van der Waals surface area contributed by atoms with Gasteiger partial charge >= 0.3 is 6.01 Å². The first-order valence-electron chi connectivity index (χ1n) is 15.9. The Balaban J connectivity index is 1.38. The highest BCUT2D eigenvalue weighted by Gasteiger charge is 2.67. The highest BCUT2D eigenvalue weighted by Crippen LogP contribution is 2.66. The van der Waals surface area contributed by atoms with Crippen molar-refractivity contribution in [3.8, 4) is 29.6 Å². The second kappa shape index (κ2) is 11.4. The molecule has 1 aliphatic carbocycles. The Morgan fingerprint density at radius 3 is 2.78 bits per heavy atom. The minimum absolute atomic E-state index is 0.0214. The van der Waals surface area contributed by atoms with Crippen LogP contribution in [-0.2, 0) is 4.74 Å². The number of hydrogen-bond acceptors (Lipinski definition) is 7. The summed E-state index contributed by atoms with van der Waals surface area (Å²) in [6.45, 7) is 12.0. The average Bonchev–Trinajstić information content (AvgIpc) is 3.72. The van der Waals surface area contributed by atoms with Crippen molar-refractivity contribution < 1.29 is 22.6 Å². The summed E-state index contributed by atoms with van der Waals surface area (Å²) in [6, 6.07) is 5.14. The summed E-state index contributed by atoms with van der Waals surface area (Å²) in [5, 5.41) is 0.238. The Kier molecular flexibility index (Phi) is 7.60. The van der Waals surface area contributed by atoms with E-state index in [4.69, 9.17) is 20.9 Å². The van der Waals surface area contributed by atoms with Crippen LogP contribution in [0.25, 0.3) is 27.7 Å². The van der Waals surface area contributed by atoms with E-state index >= 15 is 8.78 Å². The van der Waals surface area contributed by atoms with E-state index in [-0.39, 0.29) is 64.7 Å². The van der Waals surface area contributed by atoms with Gasteiger partial charge in [0.2, 0.25) is 0 Å². The monoisotopic (exact) mass is 629 g/mol. The van der Waals surface area contributed by atoms with E-state index < -0.39 is 23.9 Å². The lowest BCUT2D eigenvalue weighted by Gasteiger charge is -2.37. The van der Waals surface area contributed by atoms with Crippen molar-refractivity contribution >= 4 is 22.3 Å². The fraction of sp³-hybridized carbons (Fsp3) is 0.472. The molecule has 4 aliphatic rings. The maximum absolute atomic E-state index is 16.8. The zero-order chi connectivity index (χ0) is 32.4. The number of aromatic nitrogens is 3. The predicted molar refractivity (Wildman–Crippen MR) is 172 cm³/mol. The normalized spacial score (nSPS) is 26.2. The summed E-state index contributed by atoms with van der Waals surface area (Å²) in [4.78, 5) is 17.7. The molecule has 0 bridgehead atoms. The smallest absolute Gasteiger partial charge is 0.319 e. The summed E-state index contributed by atoms with van der Waals surface area (Å²) < 4.78 is 59.4. The fourth-order valence-corrected chi connectivity index (χ4v) is 7.94. The molecule has 4 fully saturated rings. The van der Waals surface area contributed by atoms with Gasteiger partial charge in [-0.25, -0.2) is 13.2 Å². The molecule has 0 radical (unpaired) electrons. The van der Waals surface area contributed by atoms with Gasteiger partial charge in [0.1, 0.15) is 29.5 Å². The summed E-state index contributed by atoms with van der Waals surface area (Å²) in [7, 11) is 0. The van der Waals surface area contributed by atoms with Crippen LogP contribution in [0.5, 0.6) is 6.01 Å². The van der Waals surface area contributed by atoms with Crippen LogP contribution in [0.2, 0.25) is 0 Å². The standard InChI is InChI=1S/C36H38F3N5O2/c1-6-25(24(5)37)28-22(3)8-7-9-26(28)30-29(38)31-27(17-40-30)33(44-14-15-45-19-23(4)32(44)39)42-34(41-31)46-20-36-16-21(2)18-43(36)13-12-35(36)10-11-35/h1,7-9,17,23,32H,2,10-16,18-20H2,3-5H3/b25-24+/t23?,32-,36+/m1/s1. The predicted octanol–water partition coefficient (Wildman–Crippen LogP) is 6.80. The lowest BCUT2D eigenvalue weighted by Crippen LogP contribution is -2.49. The molecule has 240 valence electrons. The van der Waals surface area contributed by atoms with Gasteiger partial charge in [-0.1, -0.05) is 43.2 Å². The molecule has 0 amide bonds. The van der Waals surface area contributed by atoms with Gasteiger partial charge in [0, 0.05) is 36.3 Å². The van der Waals surface area contributed by atoms with E-state index in [1.54, 1.807) is 32.0 Å². The molecule has 2 aromatic heterocycles. The molecule has 1 spiro atoms. The first kappa shape index (κ1) is 30.7. The molecule has 3 saturated heterocycles. The maximum Gasteiger partial charge on any atom is 0.319 e. The molecule has 7 nitrogen and oxygen atoms in total. The van der Waals surface area contributed by atoms with Gasteiger partial charge in [-0.2, -0.15) is 9.97 Å². The Morgan fingerprint density at radius 1 is 1.24 bits per heavy atom. The van der Waals surface area contributed by atoms with Gasteiger partial charge in [-0.15, -0.1) is 6.42 Å². The van der Waals surface area contributed by atoms with Gasteiger partial charge in [0.25, 0.3) is 0 Å². The quantitative estimate of drug-likeness (QED) is 0.169. The molecule has 46 heavy (non-hydrogen) atoms. The Morgan fingerprint density at radius 2 is 2.04 bits per heavy atom. The van der Waals surface area contributed by atoms with E-state index in [0.717, 1.165) is 38.8 Å². The summed E-state index contributed by atoms with van der Waals surface area (Å²) >= 11 is 0. The van der Waals surface area contributed by atoms with E-state index in [9.17, 15) is 4.39 Å². The number of anilines is 1. The molecular formula is C36H38F3N5O2. The van der Waals surface area contributed by atoms with Crippen molar-refractivity contribution in [2.45, 2.75) is 58.3 Å². The zero-order valence-corrected chi connectivity index (χ0v) is 26.5. The van der Waals surface area contributed by atoms with Crippen LogP contribution in [0, 0.1) is 36.4 Å². The second-order valence-corrected chi connectivity index (χ2v) is 13.4. The molecule has 7 rings (SSSR count). The molecule has 0 N–H and O–H groups in total. The molecule has 3 aliphatic heterocycles. The first-order chi connectivity index (χ1) is 22.1. The number of ether oxygens (including phenoxy) is 2. The Hall–Kier alpha value is -3.94. The molecule has 3 atom stereocenters. The van der Waals surface area contributed by atoms with Gasteiger partial charge in [0.05, 0.1) is 29.7 Å². The first-order valence-corrected chi connectivity index (χ1v) is 15.9. The number of hydrogen-bond donors (Lipinski definition) is 0. The van der Waals surface area contributed by atoms with Gasteiger partial charge in [-0.3, -0.25) is 9.88 Å². The lowest BCUT2D eigenvalue weighted by molar-refractivity contribution is 0.0648. The highest BCUT2D eigenvalue weighted by atomic mass is 19.1. The summed E-state index contributed by atoms with van der Waals surface area (Å²) in [5.74, 6) is 0.836. The van der Waals surface area contributed by atoms with Crippen LogP contribution in [-0.4, -0.2) is 71.1 Å². The van der Waals surface area contributed by atoms with Gasteiger partial charge in [0.15, 0.2) is 12.1 Å². The number of aryl methyl sites for hydroxylation is 1. The number of pyridine rings is 1. The van der Waals surface area contributed by atoms with Gasteiger partial charge < -0.3 is 14.4 Å². The van der Waals surface area contributed by atoms with Crippen LogP contribution in [0.3, 0.4) is 0 Å². The Bertz CT molecular complexity index is 1810. The third kappa shape index (κ3) is 4.78. The number of rotatable bonds is 6. The highest BCUT2D eigenvalue weighted by molar-refractivity contribution is 5.95. The van der Waals surface area contributed by atoms with Crippen molar-refractivity contribution in [3.05, 3.63) is 59.3 Å². The number of alkyl halides is 1. The minimum atomic E-state index is -1.44. The Labute approximate surface area is 267 Å². The van der Waals surface area contributed by atoms with Crippen LogP contribution in [0.15, 0.2) is 42.4 Å².